The smallest absolute Gasteiger partial charge is 0.223 e. The van der Waals surface area contributed by atoms with Crippen LogP contribution in [0.4, 0.5) is 0 Å². The summed E-state index contributed by atoms with van der Waals surface area (Å²) in [6.07, 6.45) is 0.644. The summed E-state index contributed by atoms with van der Waals surface area (Å²) in [5, 5.41) is 0.428. The van der Waals surface area contributed by atoms with Gasteiger partial charge in [-0.1, -0.05) is 34.6 Å². The van der Waals surface area contributed by atoms with Crippen molar-refractivity contribution < 1.29 is 4.79 Å². The standard InChI is InChI=1S/C14H29NOS2/c1-11(12(2)17)9-18-8-7-13(16)15(6)10-14(3,4)5/h11-12,17H,7-10H2,1-6H3. The maximum Gasteiger partial charge on any atom is 0.223 e. The molecule has 0 aliphatic rings. The molecule has 0 saturated heterocycles. The van der Waals surface area contributed by atoms with E-state index in [0.717, 1.165) is 18.1 Å². The molecule has 0 heterocycles. The van der Waals surface area contributed by atoms with Crippen LogP contribution in [0.2, 0.25) is 0 Å². The summed E-state index contributed by atoms with van der Waals surface area (Å²) in [6.45, 7) is 11.6. The van der Waals surface area contributed by atoms with Crippen LogP contribution in [0, 0.1) is 11.3 Å². The van der Waals surface area contributed by atoms with Crippen LogP contribution in [0.15, 0.2) is 0 Å². The molecule has 0 aromatic carbocycles. The zero-order valence-corrected chi connectivity index (χ0v) is 14.4. The molecule has 0 radical (unpaired) electrons. The van der Waals surface area contributed by atoms with Crippen LogP contribution in [-0.2, 0) is 4.79 Å². The van der Waals surface area contributed by atoms with Crippen LogP contribution >= 0.6 is 24.4 Å². The van der Waals surface area contributed by atoms with Crippen LogP contribution in [0.5, 0.6) is 0 Å². The minimum absolute atomic E-state index is 0.174. The maximum atomic E-state index is 11.9. The molecular formula is C14H29NOS2. The van der Waals surface area contributed by atoms with Crippen molar-refractivity contribution in [3.05, 3.63) is 0 Å². The lowest BCUT2D eigenvalue weighted by molar-refractivity contribution is -0.130. The third-order valence-corrected chi connectivity index (χ3v) is 4.57. The fourth-order valence-electron chi connectivity index (χ4n) is 1.56. The maximum absolute atomic E-state index is 11.9. The van der Waals surface area contributed by atoms with E-state index in [1.165, 1.54) is 0 Å². The van der Waals surface area contributed by atoms with Gasteiger partial charge in [0.25, 0.3) is 0 Å². The molecule has 0 aliphatic carbocycles. The predicted molar refractivity (Wildman–Crippen MR) is 86.6 cm³/mol. The van der Waals surface area contributed by atoms with Gasteiger partial charge in [-0.05, 0) is 17.1 Å². The number of hydrogen-bond donors (Lipinski definition) is 1. The topological polar surface area (TPSA) is 20.3 Å². The van der Waals surface area contributed by atoms with E-state index in [1.54, 1.807) is 0 Å². The van der Waals surface area contributed by atoms with Crippen molar-refractivity contribution in [1.29, 1.82) is 0 Å². The first-order chi connectivity index (χ1) is 8.13. The van der Waals surface area contributed by atoms with Crippen molar-refractivity contribution in [2.24, 2.45) is 11.3 Å². The van der Waals surface area contributed by atoms with Crippen molar-refractivity contribution in [3.8, 4) is 0 Å². The van der Waals surface area contributed by atoms with Gasteiger partial charge in [-0.2, -0.15) is 24.4 Å². The minimum atomic E-state index is 0.174. The first kappa shape index (κ1) is 18.2. The highest BCUT2D eigenvalue weighted by Gasteiger charge is 2.17. The number of thioether (sulfide) groups is 1. The SMILES string of the molecule is CC(S)C(C)CSCCC(=O)N(C)CC(C)(C)C. The van der Waals surface area contributed by atoms with Crippen LogP contribution in [-0.4, -0.2) is 41.2 Å². The third kappa shape index (κ3) is 9.15. The molecule has 1 amide bonds. The van der Waals surface area contributed by atoms with Gasteiger partial charge in [-0.15, -0.1) is 0 Å². The van der Waals surface area contributed by atoms with E-state index in [4.69, 9.17) is 0 Å². The number of nitrogens with zero attached hydrogens (tertiary/aromatic N) is 1. The Morgan fingerprint density at radius 2 is 1.89 bits per heavy atom. The van der Waals surface area contributed by atoms with Crippen LogP contribution in [0.3, 0.4) is 0 Å². The number of carbonyl (C=O) groups excluding carboxylic acids is 1. The lowest BCUT2D eigenvalue weighted by atomic mass is 9.96. The number of hydrogen-bond acceptors (Lipinski definition) is 3. The highest BCUT2D eigenvalue weighted by atomic mass is 32.2. The lowest BCUT2D eigenvalue weighted by Gasteiger charge is -2.26. The molecule has 0 aromatic heterocycles. The van der Waals surface area contributed by atoms with Crippen molar-refractivity contribution in [2.75, 3.05) is 25.1 Å². The van der Waals surface area contributed by atoms with Gasteiger partial charge in [0.15, 0.2) is 0 Å². The Hall–Kier alpha value is 0.170. The molecule has 108 valence electrons. The van der Waals surface area contributed by atoms with Gasteiger partial charge in [-0.25, -0.2) is 0 Å². The van der Waals surface area contributed by atoms with Crippen molar-refractivity contribution >= 4 is 30.3 Å². The molecule has 0 bridgehead atoms. The normalized spacial score (nSPS) is 15.3. The molecule has 0 saturated carbocycles. The van der Waals surface area contributed by atoms with E-state index >= 15 is 0 Å². The predicted octanol–water partition coefficient (Wildman–Crippen LogP) is 3.57. The van der Waals surface area contributed by atoms with Crippen molar-refractivity contribution in [2.45, 2.75) is 46.3 Å². The van der Waals surface area contributed by atoms with E-state index in [1.807, 2.05) is 23.7 Å². The molecule has 0 rings (SSSR count). The molecule has 0 aromatic rings. The zero-order chi connectivity index (χ0) is 14.3. The second-order valence-electron chi connectivity index (χ2n) is 6.35. The van der Waals surface area contributed by atoms with Crippen LogP contribution < -0.4 is 0 Å². The molecule has 0 N–H and O–H groups in total. The van der Waals surface area contributed by atoms with E-state index in [-0.39, 0.29) is 11.3 Å². The molecule has 2 unspecified atom stereocenters. The second kappa shape index (κ2) is 8.36. The van der Waals surface area contributed by atoms with Crippen LogP contribution in [0.25, 0.3) is 0 Å². The summed E-state index contributed by atoms with van der Waals surface area (Å²) in [4.78, 5) is 13.7. The van der Waals surface area contributed by atoms with Crippen molar-refractivity contribution in [1.82, 2.24) is 4.90 Å². The Morgan fingerprint density at radius 1 is 1.33 bits per heavy atom. The molecule has 0 spiro atoms. The monoisotopic (exact) mass is 291 g/mol. The number of thiol groups is 1. The number of amides is 1. The number of carbonyl (C=O) groups is 1. The largest absolute Gasteiger partial charge is 0.345 e. The Bertz CT molecular complexity index is 249. The first-order valence-corrected chi connectivity index (χ1v) is 8.30. The Kier molecular flexibility index (Phi) is 8.44. The zero-order valence-electron chi connectivity index (χ0n) is 12.7. The summed E-state index contributed by atoms with van der Waals surface area (Å²) in [5.41, 5.74) is 0.174. The van der Waals surface area contributed by atoms with Gasteiger partial charge >= 0.3 is 0 Å². The summed E-state index contributed by atoms with van der Waals surface area (Å²) >= 11 is 6.28. The van der Waals surface area contributed by atoms with E-state index < -0.39 is 0 Å². The average molecular weight is 292 g/mol. The van der Waals surface area contributed by atoms with E-state index in [2.05, 4.69) is 47.2 Å². The van der Waals surface area contributed by atoms with Gasteiger partial charge in [0.2, 0.25) is 5.91 Å². The van der Waals surface area contributed by atoms with Gasteiger partial charge < -0.3 is 4.90 Å². The summed E-state index contributed by atoms with van der Waals surface area (Å²) in [5.74, 6) is 2.85. The van der Waals surface area contributed by atoms with Gasteiger partial charge in [0, 0.05) is 31.0 Å². The lowest BCUT2D eigenvalue weighted by Crippen LogP contribution is -2.34. The molecule has 2 nitrogen and oxygen atoms in total. The average Bonchev–Trinajstić information content (AvgIpc) is 2.20. The number of rotatable bonds is 7. The second-order valence-corrected chi connectivity index (χ2v) is 8.32. The fraction of sp³-hybridized carbons (Fsp3) is 0.929. The quantitative estimate of drug-likeness (QED) is 0.571. The van der Waals surface area contributed by atoms with Crippen LogP contribution in [0.1, 0.15) is 41.0 Å². The molecule has 4 heteroatoms. The first-order valence-electron chi connectivity index (χ1n) is 6.63. The summed E-state index contributed by atoms with van der Waals surface area (Å²) in [6, 6.07) is 0. The van der Waals surface area contributed by atoms with Gasteiger partial charge in [0.05, 0.1) is 0 Å². The summed E-state index contributed by atoms with van der Waals surface area (Å²) in [7, 11) is 1.90. The highest BCUT2D eigenvalue weighted by Crippen LogP contribution is 2.18. The van der Waals surface area contributed by atoms with Crippen molar-refractivity contribution in [3.63, 3.8) is 0 Å². The van der Waals surface area contributed by atoms with E-state index in [9.17, 15) is 4.79 Å². The molecule has 18 heavy (non-hydrogen) atoms. The highest BCUT2D eigenvalue weighted by molar-refractivity contribution is 7.99. The van der Waals surface area contributed by atoms with Gasteiger partial charge in [-0.3, -0.25) is 4.79 Å². The molecule has 0 fully saturated rings. The molecule has 0 aliphatic heterocycles. The Balaban J connectivity index is 3.77. The van der Waals surface area contributed by atoms with E-state index in [0.29, 0.717) is 17.6 Å². The molecular weight excluding hydrogens is 262 g/mol. The van der Waals surface area contributed by atoms with Gasteiger partial charge in [0.1, 0.15) is 0 Å². The fourth-order valence-corrected chi connectivity index (χ4v) is 2.95. The third-order valence-electron chi connectivity index (χ3n) is 2.80. The molecule has 2 atom stereocenters. The minimum Gasteiger partial charge on any atom is -0.345 e. The summed E-state index contributed by atoms with van der Waals surface area (Å²) < 4.78 is 0. The Labute approximate surface area is 123 Å². The Morgan fingerprint density at radius 3 is 2.33 bits per heavy atom.